The number of likely N-dealkylation sites (tertiary alicyclic amines) is 1. The quantitative estimate of drug-likeness (QED) is 0.803. The van der Waals surface area contributed by atoms with E-state index in [1.54, 1.807) is 22.8 Å². The smallest absolute Gasteiger partial charge is 0.354 e. The van der Waals surface area contributed by atoms with Crippen LogP contribution in [0.3, 0.4) is 0 Å². The zero-order valence-electron chi connectivity index (χ0n) is 15.0. The molecule has 2 aromatic rings. The van der Waals surface area contributed by atoms with Crippen LogP contribution in [0.2, 0.25) is 0 Å². The Labute approximate surface area is 156 Å². The van der Waals surface area contributed by atoms with Crippen LogP contribution >= 0.6 is 0 Å². The van der Waals surface area contributed by atoms with E-state index in [9.17, 15) is 14.4 Å². The summed E-state index contributed by atoms with van der Waals surface area (Å²) in [6, 6.07) is 2.81. The SMILES string of the molecule is Cn1cc(C(=O)NCC2CCN(C(=O)c3ccc(C(=O)O)nc3)CC2)cn1. The Morgan fingerprint density at radius 2 is 1.93 bits per heavy atom. The third-order valence-electron chi connectivity index (χ3n) is 4.65. The Bertz CT molecular complexity index is 838. The molecule has 2 amide bonds. The number of nitrogens with one attached hydrogen (secondary N) is 1. The van der Waals surface area contributed by atoms with Gasteiger partial charge in [0.25, 0.3) is 11.8 Å². The molecule has 3 rings (SSSR count). The fourth-order valence-corrected chi connectivity index (χ4v) is 3.05. The van der Waals surface area contributed by atoms with Gasteiger partial charge in [-0.25, -0.2) is 9.78 Å². The van der Waals surface area contributed by atoms with Gasteiger partial charge in [-0.05, 0) is 30.9 Å². The summed E-state index contributed by atoms with van der Waals surface area (Å²) in [5.74, 6) is -1.12. The maximum atomic E-state index is 12.5. The van der Waals surface area contributed by atoms with Gasteiger partial charge in [0.1, 0.15) is 5.69 Å². The van der Waals surface area contributed by atoms with Crippen molar-refractivity contribution in [2.75, 3.05) is 19.6 Å². The van der Waals surface area contributed by atoms with Crippen LogP contribution in [0.1, 0.15) is 44.0 Å². The fraction of sp³-hybridized carbons (Fsp3) is 0.389. The van der Waals surface area contributed by atoms with Gasteiger partial charge < -0.3 is 15.3 Å². The van der Waals surface area contributed by atoms with Crippen molar-refractivity contribution in [2.45, 2.75) is 12.8 Å². The molecule has 9 nitrogen and oxygen atoms in total. The van der Waals surface area contributed by atoms with Crippen LogP contribution in [-0.4, -0.2) is 62.2 Å². The Kier molecular flexibility index (Phi) is 5.49. The highest BCUT2D eigenvalue weighted by Gasteiger charge is 2.24. The molecule has 3 heterocycles. The molecule has 0 aromatic carbocycles. The predicted octanol–water partition coefficient (Wildman–Crippen LogP) is 0.795. The highest BCUT2D eigenvalue weighted by molar-refractivity contribution is 5.95. The summed E-state index contributed by atoms with van der Waals surface area (Å²) < 4.78 is 1.58. The van der Waals surface area contributed by atoms with E-state index in [-0.39, 0.29) is 17.5 Å². The molecule has 142 valence electrons. The molecular weight excluding hydrogens is 350 g/mol. The number of rotatable bonds is 5. The lowest BCUT2D eigenvalue weighted by atomic mass is 9.96. The molecule has 1 saturated heterocycles. The van der Waals surface area contributed by atoms with Gasteiger partial charge in [0.15, 0.2) is 0 Å². The van der Waals surface area contributed by atoms with E-state index in [0.29, 0.717) is 36.7 Å². The largest absolute Gasteiger partial charge is 0.477 e. The second kappa shape index (κ2) is 7.98. The first-order chi connectivity index (χ1) is 12.9. The first-order valence-corrected chi connectivity index (χ1v) is 8.69. The molecule has 1 fully saturated rings. The average Bonchev–Trinajstić information content (AvgIpc) is 3.12. The van der Waals surface area contributed by atoms with Crippen LogP contribution < -0.4 is 5.32 Å². The summed E-state index contributed by atoms with van der Waals surface area (Å²) in [7, 11) is 1.76. The van der Waals surface area contributed by atoms with Crippen LogP contribution in [0.5, 0.6) is 0 Å². The van der Waals surface area contributed by atoms with Crippen LogP contribution in [0.4, 0.5) is 0 Å². The number of nitrogens with zero attached hydrogens (tertiary/aromatic N) is 4. The summed E-state index contributed by atoms with van der Waals surface area (Å²) in [4.78, 5) is 40.9. The standard InChI is InChI=1S/C18H21N5O4/c1-22-11-14(10-21-22)16(24)20-8-12-4-6-23(7-5-12)17(25)13-2-3-15(18(26)27)19-9-13/h2-3,9-12H,4-8H2,1H3,(H,20,24)(H,26,27). The predicted molar refractivity (Wildman–Crippen MR) is 95.4 cm³/mol. The molecule has 0 radical (unpaired) electrons. The monoisotopic (exact) mass is 371 g/mol. The Morgan fingerprint density at radius 3 is 2.48 bits per heavy atom. The topological polar surface area (TPSA) is 117 Å². The highest BCUT2D eigenvalue weighted by atomic mass is 16.4. The average molecular weight is 371 g/mol. The molecule has 0 unspecified atom stereocenters. The molecule has 1 aliphatic heterocycles. The minimum Gasteiger partial charge on any atom is -0.477 e. The number of hydrogen-bond acceptors (Lipinski definition) is 5. The number of carboxylic acids is 1. The van der Waals surface area contributed by atoms with Crippen molar-refractivity contribution in [2.24, 2.45) is 13.0 Å². The normalized spacial score (nSPS) is 14.8. The molecule has 2 N–H and O–H groups in total. The van der Waals surface area contributed by atoms with Crippen molar-refractivity contribution in [3.8, 4) is 0 Å². The number of hydrogen-bond donors (Lipinski definition) is 2. The summed E-state index contributed by atoms with van der Waals surface area (Å²) in [5.41, 5.74) is 0.820. The second-order valence-corrected chi connectivity index (χ2v) is 6.59. The van der Waals surface area contributed by atoms with Crippen molar-refractivity contribution in [1.82, 2.24) is 25.0 Å². The van der Waals surface area contributed by atoms with Crippen LogP contribution in [0.15, 0.2) is 30.7 Å². The molecule has 1 aliphatic rings. The van der Waals surface area contributed by atoms with Crippen molar-refractivity contribution in [3.63, 3.8) is 0 Å². The molecule has 0 atom stereocenters. The molecule has 27 heavy (non-hydrogen) atoms. The number of carbonyl (C=O) groups excluding carboxylic acids is 2. The van der Waals surface area contributed by atoms with Gasteiger partial charge >= 0.3 is 5.97 Å². The molecular formula is C18H21N5O4. The van der Waals surface area contributed by atoms with Crippen LogP contribution in [-0.2, 0) is 7.05 Å². The van der Waals surface area contributed by atoms with E-state index in [4.69, 9.17) is 5.11 Å². The summed E-state index contributed by atoms with van der Waals surface area (Å²) in [6.07, 6.45) is 6.08. The van der Waals surface area contributed by atoms with Gasteiger partial charge in [-0.2, -0.15) is 5.10 Å². The molecule has 0 aliphatic carbocycles. The number of aromatic nitrogens is 3. The van der Waals surface area contributed by atoms with Gasteiger partial charge in [-0.15, -0.1) is 0 Å². The maximum Gasteiger partial charge on any atom is 0.354 e. The number of carbonyl (C=O) groups is 3. The Hall–Kier alpha value is -3.23. The molecule has 0 spiro atoms. The van der Waals surface area contributed by atoms with E-state index in [1.807, 2.05) is 0 Å². The first kappa shape index (κ1) is 18.6. The van der Waals surface area contributed by atoms with E-state index < -0.39 is 5.97 Å². The van der Waals surface area contributed by atoms with Gasteiger partial charge in [-0.1, -0.05) is 0 Å². The van der Waals surface area contributed by atoms with E-state index in [2.05, 4.69) is 15.4 Å². The van der Waals surface area contributed by atoms with E-state index >= 15 is 0 Å². The summed E-state index contributed by atoms with van der Waals surface area (Å²) >= 11 is 0. The van der Waals surface area contributed by atoms with Crippen LogP contribution in [0.25, 0.3) is 0 Å². The zero-order chi connectivity index (χ0) is 19.4. The lowest BCUT2D eigenvalue weighted by molar-refractivity contribution is 0.0673. The second-order valence-electron chi connectivity index (χ2n) is 6.59. The van der Waals surface area contributed by atoms with Crippen molar-refractivity contribution >= 4 is 17.8 Å². The van der Waals surface area contributed by atoms with E-state index in [1.165, 1.54) is 24.5 Å². The lowest BCUT2D eigenvalue weighted by Gasteiger charge is -2.32. The molecule has 0 bridgehead atoms. The summed E-state index contributed by atoms with van der Waals surface area (Å²) in [5, 5.41) is 15.8. The van der Waals surface area contributed by atoms with Crippen LogP contribution in [0, 0.1) is 5.92 Å². The minimum absolute atomic E-state index is 0.0883. The number of aromatic carboxylic acids is 1. The maximum absolute atomic E-state index is 12.5. The number of carboxylic acid groups (broad SMARTS) is 1. The third-order valence-corrected chi connectivity index (χ3v) is 4.65. The number of piperidine rings is 1. The van der Waals surface area contributed by atoms with Gasteiger partial charge in [0, 0.05) is 39.1 Å². The number of amides is 2. The van der Waals surface area contributed by atoms with Gasteiger partial charge in [-0.3, -0.25) is 14.3 Å². The third kappa shape index (κ3) is 4.49. The zero-order valence-corrected chi connectivity index (χ0v) is 15.0. The minimum atomic E-state index is -1.12. The first-order valence-electron chi connectivity index (χ1n) is 8.69. The van der Waals surface area contributed by atoms with Crippen molar-refractivity contribution < 1.29 is 19.5 Å². The summed E-state index contributed by atoms with van der Waals surface area (Å²) in [6.45, 7) is 1.74. The van der Waals surface area contributed by atoms with E-state index in [0.717, 1.165) is 12.8 Å². The fourth-order valence-electron chi connectivity index (χ4n) is 3.05. The molecule has 2 aromatic heterocycles. The Morgan fingerprint density at radius 1 is 1.19 bits per heavy atom. The van der Waals surface area contributed by atoms with Gasteiger partial charge in [0.05, 0.1) is 17.3 Å². The molecule has 9 heteroatoms. The molecule has 0 saturated carbocycles. The van der Waals surface area contributed by atoms with Gasteiger partial charge in [0.2, 0.25) is 0 Å². The number of aryl methyl sites for hydroxylation is 1. The number of pyridine rings is 1. The van der Waals surface area contributed by atoms with Crippen molar-refractivity contribution in [1.29, 1.82) is 0 Å². The van der Waals surface area contributed by atoms with Crippen molar-refractivity contribution in [3.05, 3.63) is 47.5 Å². The highest BCUT2D eigenvalue weighted by Crippen LogP contribution is 2.18. The lowest BCUT2D eigenvalue weighted by Crippen LogP contribution is -2.41. The Balaban J connectivity index is 1.47.